The predicted molar refractivity (Wildman–Crippen MR) is 139 cm³/mol. The van der Waals surface area contributed by atoms with Crippen molar-refractivity contribution in [3.8, 4) is 0 Å². The van der Waals surface area contributed by atoms with Gasteiger partial charge in [-0.05, 0) is 55.0 Å². The monoisotopic (exact) mass is 467 g/mol. The van der Waals surface area contributed by atoms with Gasteiger partial charge in [0.2, 0.25) is 0 Å². The van der Waals surface area contributed by atoms with Gasteiger partial charge in [-0.15, -0.1) is 0 Å². The number of nitrogens with two attached hydrogens (primary N) is 1. The third-order valence-electron chi connectivity index (χ3n) is 5.98. The molecule has 5 rings (SSSR count). The number of aryl methyl sites for hydroxylation is 2. The van der Waals surface area contributed by atoms with Crippen LogP contribution in [-0.4, -0.2) is 30.4 Å². The van der Waals surface area contributed by atoms with Gasteiger partial charge in [-0.1, -0.05) is 48.5 Å². The third-order valence-corrected chi connectivity index (χ3v) is 5.98. The van der Waals surface area contributed by atoms with E-state index in [2.05, 4.69) is 34.3 Å². The van der Waals surface area contributed by atoms with Crippen molar-refractivity contribution in [3.63, 3.8) is 0 Å². The van der Waals surface area contributed by atoms with Crippen molar-refractivity contribution in [1.82, 2.24) is 19.3 Å². The molecule has 2 aromatic carbocycles. The Labute approximate surface area is 204 Å². The number of fused-ring (bicyclic) bond motifs is 1. The first-order chi connectivity index (χ1) is 16.8. The van der Waals surface area contributed by atoms with Crippen LogP contribution >= 0.6 is 0 Å². The lowest BCUT2D eigenvalue weighted by Crippen LogP contribution is -2.06. The molecule has 7 heteroatoms. The molecule has 3 aromatic heterocycles. The topological polar surface area (TPSA) is 99.0 Å². The van der Waals surface area contributed by atoms with Crippen molar-refractivity contribution >= 4 is 22.6 Å². The van der Waals surface area contributed by atoms with E-state index in [4.69, 9.17) is 5.73 Å². The molecule has 3 heterocycles. The molecule has 0 radical (unpaired) electrons. The average molecular weight is 468 g/mol. The summed E-state index contributed by atoms with van der Waals surface area (Å²) >= 11 is 0. The second-order valence-corrected chi connectivity index (χ2v) is 8.63. The summed E-state index contributed by atoms with van der Waals surface area (Å²) in [5.74, 6) is -0.276. The van der Waals surface area contributed by atoms with Gasteiger partial charge in [0.25, 0.3) is 0 Å². The largest absolute Gasteiger partial charge is 0.478 e. The van der Waals surface area contributed by atoms with Crippen molar-refractivity contribution in [1.29, 1.82) is 0 Å². The number of anilines is 1. The average Bonchev–Trinajstić information content (AvgIpc) is 3.38. The normalized spacial score (nSPS) is 10.7. The van der Waals surface area contributed by atoms with Crippen LogP contribution in [0.4, 0.5) is 5.82 Å². The summed E-state index contributed by atoms with van der Waals surface area (Å²) in [6, 6.07) is 20.0. The zero-order valence-corrected chi connectivity index (χ0v) is 20.1. The first-order valence-electron chi connectivity index (χ1n) is 11.4. The lowest BCUT2D eigenvalue weighted by Gasteiger charge is -2.10. The van der Waals surface area contributed by atoms with Crippen molar-refractivity contribution in [2.24, 2.45) is 0 Å². The van der Waals surface area contributed by atoms with E-state index in [1.54, 1.807) is 12.3 Å². The van der Waals surface area contributed by atoms with Crippen molar-refractivity contribution in [2.45, 2.75) is 33.9 Å². The van der Waals surface area contributed by atoms with E-state index in [-0.39, 0.29) is 0 Å². The van der Waals surface area contributed by atoms with E-state index >= 15 is 0 Å². The summed E-state index contributed by atoms with van der Waals surface area (Å²) in [6.45, 7) is 7.24. The fourth-order valence-electron chi connectivity index (χ4n) is 4.08. The third kappa shape index (κ3) is 5.58. The Morgan fingerprint density at radius 2 is 1.66 bits per heavy atom. The number of carboxylic acid groups (broad SMARTS) is 1. The van der Waals surface area contributed by atoms with Gasteiger partial charge in [-0.3, -0.25) is 4.68 Å². The van der Waals surface area contributed by atoms with Crippen molar-refractivity contribution < 1.29 is 9.90 Å². The molecule has 35 heavy (non-hydrogen) atoms. The number of nitrogens with zero attached hydrogens (tertiary/aromatic N) is 4. The molecule has 0 atom stereocenters. The van der Waals surface area contributed by atoms with Gasteiger partial charge in [0.05, 0.1) is 18.3 Å². The van der Waals surface area contributed by atoms with E-state index in [0.29, 0.717) is 17.9 Å². The Morgan fingerprint density at radius 1 is 0.971 bits per heavy atom. The highest BCUT2D eigenvalue weighted by Crippen LogP contribution is 2.18. The minimum Gasteiger partial charge on any atom is -0.478 e. The first-order valence-corrected chi connectivity index (χ1v) is 11.4. The number of hydrogen-bond acceptors (Lipinski definition) is 4. The molecule has 5 aromatic rings. The second kappa shape index (κ2) is 10.3. The van der Waals surface area contributed by atoms with Gasteiger partial charge in [0, 0.05) is 35.7 Å². The Hall–Kier alpha value is -4.39. The number of aromatic carboxylic acids is 1. The Morgan fingerprint density at radius 3 is 2.26 bits per heavy atom. The predicted octanol–water partition coefficient (Wildman–Crippen LogP) is 5.22. The highest BCUT2D eigenvalue weighted by Gasteiger charge is 2.14. The molecule has 0 fully saturated rings. The summed E-state index contributed by atoms with van der Waals surface area (Å²) in [5, 5.41) is 15.7. The van der Waals surface area contributed by atoms with Crippen LogP contribution in [0.1, 0.15) is 38.4 Å². The first kappa shape index (κ1) is 23.8. The van der Waals surface area contributed by atoms with Gasteiger partial charge in [0.15, 0.2) is 0 Å². The number of hydrogen-bond donors (Lipinski definition) is 2. The molecular formula is C28H29N5O2. The highest BCUT2D eigenvalue weighted by molar-refractivity contribution is 5.90. The second-order valence-electron chi connectivity index (χ2n) is 8.63. The molecule has 3 N–H and O–H groups in total. The fourth-order valence-corrected chi connectivity index (χ4v) is 4.08. The maximum Gasteiger partial charge on any atom is 0.337 e. The van der Waals surface area contributed by atoms with Gasteiger partial charge in [0.1, 0.15) is 5.82 Å². The molecule has 0 amide bonds. The molecule has 0 aliphatic carbocycles. The van der Waals surface area contributed by atoms with E-state index in [0.717, 1.165) is 39.8 Å². The summed E-state index contributed by atoms with van der Waals surface area (Å²) in [6.07, 6.45) is 5.59. The van der Waals surface area contributed by atoms with Gasteiger partial charge in [-0.25, -0.2) is 9.78 Å². The number of nitrogen functional groups attached to an aromatic ring is 1. The van der Waals surface area contributed by atoms with Crippen LogP contribution in [0.3, 0.4) is 0 Å². The Kier molecular flexibility index (Phi) is 6.96. The van der Waals surface area contributed by atoms with Crippen molar-refractivity contribution in [2.75, 3.05) is 5.73 Å². The zero-order chi connectivity index (χ0) is 24.9. The summed E-state index contributed by atoms with van der Waals surface area (Å²) in [5.41, 5.74) is 11.3. The lowest BCUT2D eigenvalue weighted by molar-refractivity contribution is 0.0696. The maximum atomic E-state index is 11.2. The number of carboxylic acids is 1. The molecule has 0 saturated carbocycles. The number of rotatable bonds is 5. The smallest absolute Gasteiger partial charge is 0.337 e. The standard InChI is InChI=1S/C19H21N3O2.C9H8N2/c1-13-9-20-21(10-13)11-16-4-6-17(7-5-16)12-22-14(2)8-18(15(22)3)19(23)24;10-9-8-4-2-1-3-7(8)5-6-11-9/h4-10H,11-12H2,1-3H3,(H,23,24);1-6H,(H2,10,11). The minimum absolute atomic E-state index is 0.373. The highest BCUT2D eigenvalue weighted by atomic mass is 16.4. The Balaban J connectivity index is 0.000000218. The van der Waals surface area contributed by atoms with Gasteiger partial charge in [-0.2, -0.15) is 5.10 Å². The van der Waals surface area contributed by atoms with Crippen LogP contribution in [0.5, 0.6) is 0 Å². The molecule has 0 saturated heterocycles. The number of benzene rings is 2. The van der Waals surface area contributed by atoms with Crippen LogP contribution in [0.15, 0.2) is 79.3 Å². The molecule has 0 unspecified atom stereocenters. The number of carbonyl (C=O) groups is 1. The summed E-state index contributed by atoms with van der Waals surface area (Å²) < 4.78 is 3.96. The number of pyridine rings is 1. The molecule has 0 spiro atoms. The van der Waals surface area contributed by atoms with E-state index in [9.17, 15) is 9.90 Å². The van der Waals surface area contributed by atoms with E-state index in [1.807, 2.05) is 72.7 Å². The van der Waals surface area contributed by atoms with Crippen LogP contribution < -0.4 is 5.73 Å². The fraction of sp³-hybridized carbons (Fsp3) is 0.179. The lowest BCUT2D eigenvalue weighted by atomic mass is 10.1. The van der Waals surface area contributed by atoms with Crippen LogP contribution in [0.2, 0.25) is 0 Å². The van der Waals surface area contributed by atoms with Crippen LogP contribution in [0, 0.1) is 20.8 Å². The molecule has 7 nitrogen and oxygen atoms in total. The molecule has 0 aliphatic heterocycles. The minimum atomic E-state index is -0.876. The summed E-state index contributed by atoms with van der Waals surface area (Å²) in [7, 11) is 0. The van der Waals surface area contributed by atoms with E-state index in [1.165, 1.54) is 5.56 Å². The maximum absolute atomic E-state index is 11.2. The Bertz CT molecular complexity index is 1460. The zero-order valence-electron chi connectivity index (χ0n) is 20.1. The van der Waals surface area contributed by atoms with Gasteiger partial charge < -0.3 is 15.4 Å². The molecular weight excluding hydrogens is 438 g/mol. The molecule has 0 aliphatic rings. The van der Waals surface area contributed by atoms with E-state index < -0.39 is 5.97 Å². The number of aromatic nitrogens is 4. The quantitative estimate of drug-likeness (QED) is 0.369. The summed E-state index contributed by atoms with van der Waals surface area (Å²) in [4.78, 5) is 15.2. The van der Waals surface area contributed by atoms with Crippen LogP contribution in [0.25, 0.3) is 10.8 Å². The molecule has 178 valence electrons. The molecule has 0 bridgehead atoms. The van der Waals surface area contributed by atoms with Crippen LogP contribution in [-0.2, 0) is 13.1 Å². The SMILES string of the molecule is Cc1cnn(Cc2ccc(Cn3c(C)cc(C(=O)O)c3C)cc2)c1.Nc1nccc2ccccc12. The van der Waals surface area contributed by atoms with Gasteiger partial charge >= 0.3 is 5.97 Å². The van der Waals surface area contributed by atoms with Crippen molar-refractivity contribution in [3.05, 3.63) is 113 Å².